The zero-order chi connectivity index (χ0) is 7.78. The topological polar surface area (TPSA) is 38.7 Å². The van der Waals surface area contributed by atoms with Gasteiger partial charge in [0.2, 0.25) is 0 Å². The lowest BCUT2D eigenvalue weighted by atomic mass is 10.2. The highest BCUT2D eigenvalue weighted by Gasteiger charge is 2.32. The van der Waals surface area contributed by atoms with E-state index in [0.717, 1.165) is 0 Å². The van der Waals surface area contributed by atoms with Gasteiger partial charge in [0.1, 0.15) is 0 Å². The van der Waals surface area contributed by atoms with Crippen LogP contribution in [-0.2, 0) is 9.47 Å². The molecule has 1 fully saturated rings. The second-order valence-electron chi connectivity index (χ2n) is 3.14. The first-order valence-corrected chi connectivity index (χ1v) is 3.53. The number of aliphatic hydroxyl groups excluding tert-OH is 1. The minimum Gasteiger partial charge on any atom is -0.368 e. The number of hydrogen-bond acceptors (Lipinski definition) is 3. The van der Waals surface area contributed by atoms with Crippen LogP contribution in [-0.4, -0.2) is 23.3 Å². The maximum absolute atomic E-state index is 9.11. The molecule has 2 unspecified atom stereocenters. The van der Waals surface area contributed by atoms with Crippen LogP contribution in [0.1, 0.15) is 27.2 Å². The molecule has 0 aromatic carbocycles. The van der Waals surface area contributed by atoms with Crippen molar-refractivity contribution in [2.24, 2.45) is 0 Å². The van der Waals surface area contributed by atoms with Crippen LogP contribution in [0.4, 0.5) is 0 Å². The van der Waals surface area contributed by atoms with Crippen molar-refractivity contribution in [3.8, 4) is 0 Å². The van der Waals surface area contributed by atoms with E-state index in [1.807, 2.05) is 6.92 Å². The summed E-state index contributed by atoms with van der Waals surface area (Å²) in [6.07, 6.45) is -0.0267. The van der Waals surface area contributed by atoms with Gasteiger partial charge in [-0.05, 0) is 20.8 Å². The molecule has 0 aromatic heterocycles. The van der Waals surface area contributed by atoms with Crippen molar-refractivity contribution >= 4 is 0 Å². The predicted molar refractivity (Wildman–Crippen MR) is 36.3 cm³/mol. The zero-order valence-electron chi connectivity index (χ0n) is 6.63. The first-order valence-electron chi connectivity index (χ1n) is 3.53. The minimum atomic E-state index is -0.668. The van der Waals surface area contributed by atoms with Crippen LogP contribution >= 0.6 is 0 Å². The largest absolute Gasteiger partial charge is 0.368 e. The highest BCUT2D eigenvalue weighted by Crippen LogP contribution is 2.24. The lowest BCUT2D eigenvalue weighted by molar-refractivity contribution is -0.338. The van der Waals surface area contributed by atoms with Gasteiger partial charge in [-0.25, -0.2) is 0 Å². The Morgan fingerprint density at radius 2 is 2.00 bits per heavy atom. The molecule has 0 spiro atoms. The summed E-state index contributed by atoms with van der Waals surface area (Å²) in [5.41, 5.74) is 0. The fourth-order valence-electron chi connectivity index (χ4n) is 1.22. The number of aliphatic hydroxyl groups is 1. The molecule has 0 amide bonds. The van der Waals surface area contributed by atoms with Gasteiger partial charge in [0.15, 0.2) is 12.1 Å². The van der Waals surface area contributed by atoms with Crippen molar-refractivity contribution in [1.82, 2.24) is 0 Å². The van der Waals surface area contributed by atoms with Crippen LogP contribution in [0.15, 0.2) is 0 Å². The third-order valence-corrected chi connectivity index (χ3v) is 1.44. The van der Waals surface area contributed by atoms with Gasteiger partial charge in [0.25, 0.3) is 0 Å². The molecular weight excluding hydrogens is 132 g/mol. The molecule has 60 valence electrons. The molecule has 2 atom stereocenters. The summed E-state index contributed by atoms with van der Waals surface area (Å²) >= 11 is 0. The molecule has 0 radical (unpaired) electrons. The maximum atomic E-state index is 9.11. The number of hydrogen-bond donors (Lipinski definition) is 1. The SMILES string of the molecule is CC1CC(O)OC(C)(C)O1. The monoisotopic (exact) mass is 146 g/mol. The average Bonchev–Trinajstić information content (AvgIpc) is 1.54. The smallest absolute Gasteiger partial charge is 0.166 e. The molecule has 3 heteroatoms. The van der Waals surface area contributed by atoms with E-state index in [2.05, 4.69) is 0 Å². The third kappa shape index (κ3) is 1.94. The first kappa shape index (κ1) is 7.98. The summed E-state index contributed by atoms with van der Waals surface area (Å²) in [6, 6.07) is 0. The fourth-order valence-corrected chi connectivity index (χ4v) is 1.22. The Labute approximate surface area is 60.9 Å². The molecule has 1 heterocycles. The summed E-state index contributed by atoms with van der Waals surface area (Å²) in [5, 5.41) is 9.11. The summed E-state index contributed by atoms with van der Waals surface area (Å²) in [4.78, 5) is 0. The number of ether oxygens (including phenoxy) is 2. The van der Waals surface area contributed by atoms with Gasteiger partial charge in [0.05, 0.1) is 6.10 Å². The highest BCUT2D eigenvalue weighted by molar-refractivity contribution is 4.67. The van der Waals surface area contributed by atoms with Crippen LogP contribution in [0.25, 0.3) is 0 Å². The normalized spacial score (nSPS) is 39.6. The Morgan fingerprint density at radius 1 is 1.40 bits per heavy atom. The lowest BCUT2D eigenvalue weighted by Crippen LogP contribution is -2.43. The minimum absolute atomic E-state index is 0.0822. The third-order valence-electron chi connectivity index (χ3n) is 1.44. The van der Waals surface area contributed by atoms with E-state index in [1.165, 1.54) is 0 Å². The van der Waals surface area contributed by atoms with Gasteiger partial charge in [-0.3, -0.25) is 0 Å². The summed E-state index contributed by atoms with van der Waals surface area (Å²) < 4.78 is 10.4. The molecule has 3 nitrogen and oxygen atoms in total. The summed E-state index contributed by atoms with van der Waals surface area (Å²) in [7, 11) is 0. The summed E-state index contributed by atoms with van der Waals surface area (Å²) in [5.74, 6) is -0.628. The Kier molecular flexibility index (Phi) is 1.99. The van der Waals surface area contributed by atoms with Gasteiger partial charge in [-0.15, -0.1) is 0 Å². The Hall–Kier alpha value is -0.120. The predicted octanol–water partition coefficient (Wildman–Crippen LogP) is 0.866. The van der Waals surface area contributed by atoms with E-state index in [0.29, 0.717) is 6.42 Å². The van der Waals surface area contributed by atoms with Gasteiger partial charge in [-0.2, -0.15) is 0 Å². The molecule has 1 N–H and O–H groups in total. The van der Waals surface area contributed by atoms with E-state index in [-0.39, 0.29) is 6.10 Å². The number of rotatable bonds is 0. The van der Waals surface area contributed by atoms with Crippen LogP contribution in [0.5, 0.6) is 0 Å². The average molecular weight is 146 g/mol. The van der Waals surface area contributed by atoms with Gasteiger partial charge in [0, 0.05) is 6.42 Å². The molecule has 0 aliphatic carbocycles. The molecular formula is C7H14O3. The van der Waals surface area contributed by atoms with Crippen molar-refractivity contribution in [2.45, 2.75) is 45.4 Å². The van der Waals surface area contributed by atoms with E-state index in [9.17, 15) is 0 Å². The Bertz CT molecular complexity index is 110. The molecule has 0 bridgehead atoms. The fraction of sp³-hybridized carbons (Fsp3) is 1.00. The van der Waals surface area contributed by atoms with Crippen molar-refractivity contribution < 1.29 is 14.6 Å². The maximum Gasteiger partial charge on any atom is 0.166 e. The van der Waals surface area contributed by atoms with Crippen molar-refractivity contribution in [1.29, 1.82) is 0 Å². The quantitative estimate of drug-likeness (QED) is 0.551. The molecule has 10 heavy (non-hydrogen) atoms. The zero-order valence-corrected chi connectivity index (χ0v) is 6.63. The Morgan fingerprint density at radius 3 is 2.40 bits per heavy atom. The van der Waals surface area contributed by atoms with Crippen molar-refractivity contribution in [2.75, 3.05) is 0 Å². The van der Waals surface area contributed by atoms with E-state index >= 15 is 0 Å². The second-order valence-corrected chi connectivity index (χ2v) is 3.14. The van der Waals surface area contributed by atoms with Crippen molar-refractivity contribution in [3.63, 3.8) is 0 Å². The van der Waals surface area contributed by atoms with Gasteiger partial charge in [-0.1, -0.05) is 0 Å². The molecule has 1 aliphatic rings. The summed E-state index contributed by atoms with van der Waals surface area (Å²) in [6.45, 7) is 5.52. The van der Waals surface area contributed by atoms with Crippen LogP contribution in [0.2, 0.25) is 0 Å². The van der Waals surface area contributed by atoms with E-state index in [4.69, 9.17) is 14.6 Å². The molecule has 1 saturated heterocycles. The second kappa shape index (κ2) is 2.49. The van der Waals surface area contributed by atoms with E-state index < -0.39 is 12.1 Å². The van der Waals surface area contributed by atoms with Gasteiger partial charge >= 0.3 is 0 Å². The molecule has 1 rings (SSSR count). The van der Waals surface area contributed by atoms with E-state index in [1.54, 1.807) is 13.8 Å². The van der Waals surface area contributed by atoms with Crippen LogP contribution < -0.4 is 0 Å². The molecule has 0 saturated carbocycles. The van der Waals surface area contributed by atoms with Crippen LogP contribution in [0, 0.1) is 0 Å². The molecule has 0 aromatic rings. The lowest BCUT2D eigenvalue weighted by Gasteiger charge is -2.37. The van der Waals surface area contributed by atoms with Crippen LogP contribution in [0.3, 0.4) is 0 Å². The van der Waals surface area contributed by atoms with Crippen molar-refractivity contribution in [3.05, 3.63) is 0 Å². The highest BCUT2D eigenvalue weighted by atomic mass is 16.8. The van der Waals surface area contributed by atoms with Gasteiger partial charge < -0.3 is 14.6 Å². The standard InChI is InChI=1S/C7H14O3/c1-5-4-6(8)10-7(2,3)9-5/h5-6,8H,4H2,1-3H3. The first-order chi connectivity index (χ1) is 4.49. The Balaban J connectivity index is 2.51. The molecule has 1 aliphatic heterocycles.